The number of fused-ring (bicyclic) bond motifs is 2. The number of hydrogen-bond acceptors (Lipinski definition) is 4. The van der Waals surface area contributed by atoms with Crippen LogP contribution in [0.3, 0.4) is 0 Å². The van der Waals surface area contributed by atoms with Crippen LogP contribution in [-0.2, 0) is 13.0 Å². The van der Waals surface area contributed by atoms with Gasteiger partial charge in [0.15, 0.2) is 0 Å². The van der Waals surface area contributed by atoms with E-state index in [4.69, 9.17) is 4.98 Å². The summed E-state index contributed by atoms with van der Waals surface area (Å²) in [5, 5.41) is 4.23. The predicted octanol–water partition coefficient (Wildman–Crippen LogP) is 4.56. The molecule has 1 amide bonds. The molecule has 0 fully saturated rings. The van der Waals surface area contributed by atoms with Gasteiger partial charge >= 0.3 is 0 Å². The van der Waals surface area contributed by atoms with Crippen molar-refractivity contribution in [2.75, 3.05) is 0 Å². The second-order valence-electron chi connectivity index (χ2n) is 8.04. The minimum Gasteiger partial charge on any atom is -0.343 e. The van der Waals surface area contributed by atoms with Crippen LogP contribution in [0.1, 0.15) is 86.0 Å². The number of rotatable bonds is 2. The quantitative estimate of drug-likeness (QED) is 0.695. The highest BCUT2D eigenvalue weighted by molar-refractivity contribution is 5.93. The molecule has 6 nitrogen and oxygen atoms in total. The summed E-state index contributed by atoms with van der Waals surface area (Å²) in [4.78, 5) is 26.5. The summed E-state index contributed by atoms with van der Waals surface area (Å²) in [5.41, 5.74) is 4.45. The van der Waals surface area contributed by atoms with E-state index in [1.165, 1.54) is 11.1 Å². The molecule has 0 radical (unpaired) electrons. The third-order valence-electron chi connectivity index (χ3n) is 5.99. The maximum Gasteiger partial charge on any atom is 0.272 e. The molecule has 0 aromatic carbocycles. The van der Waals surface area contributed by atoms with Gasteiger partial charge in [-0.05, 0) is 56.7 Å². The van der Waals surface area contributed by atoms with E-state index in [1.54, 1.807) is 12.4 Å². The molecule has 4 rings (SSSR count). The normalized spacial score (nSPS) is 18.9. The third-order valence-corrected chi connectivity index (χ3v) is 5.99. The molecular formula is C23H29N5O. The zero-order valence-electron chi connectivity index (χ0n) is 17.5. The van der Waals surface area contributed by atoms with Crippen molar-refractivity contribution in [2.24, 2.45) is 0 Å². The van der Waals surface area contributed by atoms with Crippen LogP contribution in [0.15, 0.2) is 30.6 Å². The monoisotopic (exact) mass is 391 g/mol. The molecule has 1 aliphatic heterocycles. The van der Waals surface area contributed by atoms with Crippen molar-refractivity contribution in [3.63, 3.8) is 0 Å². The van der Waals surface area contributed by atoms with E-state index < -0.39 is 0 Å². The summed E-state index contributed by atoms with van der Waals surface area (Å²) < 4.78 is 2.39. The van der Waals surface area contributed by atoms with Crippen molar-refractivity contribution in [3.8, 4) is 0 Å². The molecule has 1 aliphatic rings. The fraction of sp³-hybridized carbons (Fsp3) is 0.478. The number of aryl methyl sites for hydroxylation is 2. The molecule has 2 unspecified atom stereocenters. The Bertz CT molecular complexity index is 1030. The zero-order valence-corrected chi connectivity index (χ0v) is 17.5. The molecule has 0 spiro atoms. The molecule has 2 atom stereocenters. The average molecular weight is 392 g/mol. The fourth-order valence-electron chi connectivity index (χ4n) is 4.07. The minimum atomic E-state index is -0.208. The average Bonchev–Trinajstić information content (AvgIpc) is 3.10. The summed E-state index contributed by atoms with van der Waals surface area (Å²) in [5.74, 6) is 0.307. The Labute approximate surface area is 171 Å². The van der Waals surface area contributed by atoms with E-state index in [0.29, 0.717) is 11.6 Å². The molecule has 29 heavy (non-hydrogen) atoms. The first-order chi connectivity index (χ1) is 14.1. The SMILES string of the molecule is CCC(C)c1cc2ccc3nc2n1CCCCCc1nccnc1C(=O)NC3C. The summed E-state index contributed by atoms with van der Waals surface area (Å²) in [6.45, 7) is 7.44. The Morgan fingerprint density at radius 1 is 1.21 bits per heavy atom. The van der Waals surface area contributed by atoms with Crippen molar-refractivity contribution in [1.82, 2.24) is 24.8 Å². The molecule has 0 aliphatic carbocycles. The number of amides is 1. The van der Waals surface area contributed by atoms with Gasteiger partial charge in [-0.3, -0.25) is 9.78 Å². The molecule has 0 saturated heterocycles. The molecule has 0 saturated carbocycles. The molecular weight excluding hydrogens is 362 g/mol. The van der Waals surface area contributed by atoms with Gasteiger partial charge in [-0.2, -0.15) is 0 Å². The first-order valence-electron chi connectivity index (χ1n) is 10.7. The van der Waals surface area contributed by atoms with Crippen molar-refractivity contribution in [1.29, 1.82) is 0 Å². The van der Waals surface area contributed by atoms with Crippen LogP contribution < -0.4 is 5.32 Å². The Hall–Kier alpha value is -2.76. The molecule has 3 aromatic rings. The molecule has 4 heterocycles. The number of pyridine rings is 1. The van der Waals surface area contributed by atoms with Crippen LogP contribution in [0.4, 0.5) is 0 Å². The number of aromatic nitrogens is 4. The lowest BCUT2D eigenvalue weighted by Gasteiger charge is -2.17. The number of hydrogen-bond donors (Lipinski definition) is 1. The fourth-order valence-corrected chi connectivity index (χ4v) is 4.07. The number of carbonyl (C=O) groups is 1. The summed E-state index contributed by atoms with van der Waals surface area (Å²) in [7, 11) is 0. The largest absolute Gasteiger partial charge is 0.343 e. The van der Waals surface area contributed by atoms with E-state index in [-0.39, 0.29) is 11.9 Å². The Kier molecular flexibility index (Phi) is 5.60. The lowest BCUT2D eigenvalue weighted by atomic mass is 10.0. The van der Waals surface area contributed by atoms with Gasteiger partial charge in [0.05, 0.1) is 17.4 Å². The van der Waals surface area contributed by atoms with Crippen LogP contribution in [0, 0.1) is 0 Å². The van der Waals surface area contributed by atoms with Gasteiger partial charge in [-0.1, -0.05) is 20.3 Å². The summed E-state index contributed by atoms with van der Waals surface area (Å²) in [6.07, 6.45) is 8.27. The second-order valence-corrected chi connectivity index (χ2v) is 8.04. The molecule has 6 heteroatoms. The maximum atomic E-state index is 12.8. The lowest BCUT2D eigenvalue weighted by Crippen LogP contribution is -2.29. The van der Waals surface area contributed by atoms with Crippen molar-refractivity contribution in [3.05, 3.63) is 53.4 Å². The number of nitrogens with one attached hydrogen (secondary N) is 1. The van der Waals surface area contributed by atoms with Gasteiger partial charge in [-0.25, -0.2) is 9.97 Å². The van der Waals surface area contributed by atoms with Gasteiger partial charge in [0.1, 0.15) is 11.3 Å². The Balaban J connectivity index is 1.76. The van der Waals surface area contributed by atoms with E-state index >= 15 is 0 Å². The number of nitrogens with zero attached hydrogens (tertiary/aromatic N) is 4. The molecule has 1 N–H and O–H groups in total. The Morgan fingerprint density at radius 3 is 2.86 bits per heavy atom. The van der Waals surface area contributed by atoms with Crippen molar-refractivity contribution in [2.45, 2.75) is 71.4 Å². The smallest absolute Gasteiger partial charge is 0.272 e. The lowest BCUT2D eigenvalue weighted by molar-refractivity contribution is 0.0932. The van der Waals surface area contributed by atoms with Gasteiger partial charge in [0.25, 0.3) is 5.91 Å². The first-order valence-corrected chi connectivity index (χ1v) is 10.7. The maximum absolute atomic E-state index is 12.8. The molecule has 152 valence electrons. The van der Waals surface area contributed by atoms with E-state index in [9.17, 15) is 4.79 Å². The van der Waals surface area contributed by atoms with Crippen LogP contribution in [0.25, 0.3) is 11.0 Å². The van der Waals surface area contributed by atoms with Crippen LogP contribution >= 0.6 is 0 Å². The molecule has 3 aromatic heterocycles. The second kappa shape index (κ2) is 8.31. The van der Waals surface area contributed by atoms with Crippen LogP contribution in [0.5, 0.6) is 0 Å². The Morgan fingerprint density at radius 2 is 2.03 bits per heavy atom. The standard InChI is InChI=1S/C23H29N5O/c1-4-15(2)20-14-17-9-10-18-16(3)26-23(29)21-19(24-11-12-25-21)8-6-5-7-13-28(20)22(17)27-18/h9-12,14-16H,4-8,13H2,1-3H3,(H,26,29). The highest BCUT2D eigenvalue weighted by Gasteiger charge is 2.20. The van der Waals surface area contributed by atoms with Crippen molar-refractivity contribution < 1.29 is 4.79 Å². The van der Waals surface area contributed by atoms with Gasteiger partial charge in [0, 0.05) is 30.0 Å². The van der Waals surface area contributed by atoms with Gasteiger partial charge < -0.3 is 9.88 Å². The van der Waals surface area contributed by atoms with E-state index in [0.717, 1.165) is 55.7 Å². The topological polar surface area (TPSA) is 72.7 Å². The summed E-state index contributed by atoms with van der Waals surface area (Å²) >= 11 is 0. The van der Waals surface area contributed by atoms with Gasteiger partial charge in [0.2, 0.25) is 0 Å². The third kappa shape index (κ3) is 3.88. The van der Waals surface area contributed by atoms with Crippen molar-refractivity contribution >= 4 is 16.9 Å². The van der Waals surface area contributed by atoms with Crippen LogP contribution in [-0.4, -0.2) is 25.4 Å². The predicted molar refractivity (Wildman–Crippen MR) is 114 cm³/mol. The van der Waals surface area contributed by atoms with E-state index in [2.05, 4.69) is 45.8 Å². The molecule has 2 bridgehead atoms. The highest BCUT2D eigenvalue weighted by Crippen LogP contribution is 2.28. The number of carbonyl (C=O) groups excluding carboxylic acids is 1. The van der Waals surface area contributed by atoms with Crippen LogP contribution in [0.2, 0.25) is 0 Å². The zero-order chi connectivity index (χ0) is 20.4. The van der Waals surface area contributed by atoms with E-state index in [1.807, 2.05) is 13.0 Å². The first kappa shape index (κ1) is 19.6. The summed E-state index contributed by atoms with van der Waals surface area (Å²) in [6, 6.07) is 6.22. The van der Waals surface area contributed by atoms with Gasteiger partial charge in [-0.15, -0.1) is 0 Å². The highest BCUT2D eigenvalue weighted by atomic mass is 16.2. The minimum absolute atomic E-state index is 0.185.